The van der Waals surface area contributed by atoms with Crippen LogP contribution >= 0.6 is 11.8 Å². The predicted molar refractivity (Wildman–Crippen MR) is 133 cm³/mol. The van der Waals surface area contributed by atoms with E-state index in [0.717, 1.165) is 35.5 Å². The lowest BCUT2D eigenvalue weighted by Gasteiger charge is -2.31. The third-order valence-corrected chi connectivity index (χ3v) is 7.32. The van der Waals surface area contributed by atoms with Gasteiger partial charge in [-0.05, 0) is 43.4 Å². The zero-order chi connectivity index (χ0) is 22.8. The summed E-state index contributed by atoms with van der Waals surface area (Å²) < 4.78 is 0. The topological polar surface area (TPSA) is 49.4 Å². The van der Waals surface area contributed by atoms with Crippen LogP contribution in [0.1, 0.15) is 62.1 Å². The molecule has 1 N–H and O–H groups in total. The molecule has 3 rings (SSSR count). The molecule has 0 aliphatic heterocycles. The molecule has 2 aromatic carbocycles. The lowest BCUT2D eigenvalue weighted by Crippen LogP contribution is -2.50. The summed E-state index contributed by atoms with van der Waals surface area (Å²) in [6, 6.07) is 18.2. The van der Waals surface area contributed by atoms with Crippen LogP contribution in [0.2, 0.25) is 0 Å². The van der Waals surface area contributed by atoms with E-state index < -0.39 is 6.04 Å². The fraction of sp³-hybridized carbons (Fsp3) is 0.481. The molecule has 0 spiro atoms. The Labute approximate surface area is 197 Å². The maximum Gasteiger partial charge on any atom is 0.242 e. The molecule has 0 bridgehead atoms. The smallest absolute Gasteiger partial charge is 0.242 e. The Morgan fingerprint density at radius 2 is 1.72 bits per heavy atom. The van der Waals surface area contributed by atoms with Crippen molar-refractivity contribution in [3.63, 3.8) is 0 Å². The Hall–Kier alpha value is -2.27. The van der Waals surface area contributed by atoms with E-state index in [1.807, 2.05) is 43.3 Å². The molecule has 172 valence electrons. The van der Waals surface area contributed by atoms with Crippen molar-refractivity contribution in [1.82, 2.24) is 10.2 Å². The Morgan fingerprint density at radius 3 is 2.44 bits per heavy atom. The van der Waals surface area contributed by atoms with Gasteiger partial charge < -0.3 is 10.2 Å². The predicted octanol–water partition coefficient (Wildman–Crippen LogP) is 5.48. The van der Waals surface area contributed by atoms with Gasteiger partial charge in [0.25, 0.3) is 0 Å². The second kappa shape index (κ2) is 12.7. The van der Waals surface area contributed by atoms with E-state index in [2.05, 4.69) is 30.4 Å². The first kappa shape index (κ1) is 24.4. The molecule has 0 heterocycles. The molecule has 1 aliphatic carbocycles. The van der Waals surface area contributed by atoms with Crippen molar-refractivity contribution in [2.75, 3.05) is 5.75 Å². The molecular weight excluding hydrogens is 416 g/mol. The molecule has 0 unspecified atom stereocenters. The number of hydrogen-bond acceptors (Lipinski definition) is 3. The highest BCUT2D eigenvalue weighted by molar-refractivity contribution is 7.98. The van der Waals surface area contributed by atoms with Gasteiger partial charge >= 0.3 is 0 Å². The van der Waals surface area contributed by atoms with Gasteiger partial charge in [-0.15, -0.1) is 0 Å². The third kappa shape index (κ3) is 7.40. The first-order valence-corrected chi connectivity index (χ1v) is 13.0. The fourth-order valence-corrected chi connectivity index (χ4v) is 5.08. The number of rotatable bonds is 10. The van der Waals surface area contributed by atoms with Gasteiger partial charge in [0.05, 0.1) is 0 Å². The van der Waals surface area contributed by atoms with Crippen LogP contribution in [-0.2, 0) is 21.9 Å². The van der Waals surface area contributed by atoms with E-state index in [9.17, 15) is 9.59 Å². The van der Waals surface area contributed by atoms with Crippen molar-refractivity contribution in [3.8, 4) is 0 Å². The van der Waals surface area contributed by atoms with Crippen LogP contribution in [0.3, 0.4) is 0 Å². The lowest BCUT2D eigenvalue weighted by atomic mass is 9.95. The summed E-state index contributed by atoms with van der Waals surface area (Å²) in [5.74, 6) is 1.65. The van der Waals surface area contributed by atoms with Gasteiger partial charge in [-0.3, -0.25) is 9.59 Å². The highest BCUT2D eigenvalue weighted by atomic mass is 32.2. The number of nitrogens with zero attached hydrogens (tertiary/aromatic N) is 1. The van der Waals surface area contributed by atoms with Crippen LogP contribution in [0.5, 0.6) is 0 Å². The SMILES string of the molecule is Cc1ccccc1CN(C(=O)CCSCc1ccccc1)[C@H](C)C(=O)NC1CCCCC1. The van der Waals surface area contributed by atoms with Crippen molar-refractivity contribution in [3.05, 3.63) is 71.3 Å². The van der Waals surface area contributed by atoms with Crippen molar-refractivity contribution in [2.24, 2.45) is 0 Å². The van der Waals surface area contributed by atoms with Gasteiger partial charge in [0.1, 0.15) is 6.04 Å². The zero-order valence-electron chi connectivity index (χ0n) is 19.4. The number of aryl methyl sites for hydroxylation is 1. The van der Waals surface area contributed by atoms with Crippen molar-refractivity contribution in [1.29, 1.82) is 0 Å². The van der Waals surface area contributed by atoms with Gasteiger partial charge in [0.2, 0.25) is 11.8 Å². The van der Waals surface area contributed by atoms with Crippen molar-refractivity contribution >= 4 is 23.6 Å². The van der Waals surface area contributed by atoms with Crippen LogP contribution < -0.4 is 5.32 Å². The quantitative estimate of drug-likeness (QED) is 0.485. The van der Waals surface area contributed by atoms with E-state index in [1.54, 1.807) is 16.7 Å². The first-order chi connectivity index (χ1) is 15.5. The first-order valence-electron chi connectivity index (χ1n) is 11.8. The van der Waals surface area contributed by atoms with Gasteiger partial charge in [-0.2, -0.15) is 11.8 Å². The minimum absolute atomic E-state index is 0.0317. The second-order valence-electron chi connectivity index (χ2n) is 8.76. The molecule has 0 radical (unpaired) electrons. The molecular formula is C27H36N2O2S. The number of benzene rings is 2. The summed E-state index contributed by atoms with van der Waals surface area (Å²) in [5, 5.41) is 3.21. The summed E-state index contributed by atoms with van der Waals surface area (Å²) in [6.45, 7) is 4.39. The summed E-state index contributed by atoms with van der Waals surface area (Å²) in [6.07, 6.45) is 6.11. The van der Waals surface area contributed by atoms with E-state index >= 15 is 0 Å². The average molecular weight is 453 g/mol. The van der Waals surface area contributed by atoms with E-state index in [1.165, 1.54) is 24.8 Å². The Kier molecular flexibility index (Phi) is 9.66. The standard InChI is InChI=1S/C27H36N2O2S/c1-21-11-9-10-14-24(21)19-29(22(2)27(31)28-25-15-7-4-8-16-25)26(30)17-18-32-20-23-12-5-3-6-13-23/h3,5-6,9-14,22,25H,4,7-8,15-20H2,1-2H3,(H,28,31)/t22-/m1/s1. The van der Waals surface area contributed by atoms with Crippen molar-refractivity contribution in [2.45, 2.75) is 76.8 Å². The van der Waals surface area contributed by atoms with E-state index in [-0.39, 0.29) is 17.9 Å². The number of thioether (sulfide) groups is 1. The molecule has 1 fully saturated rings. The highest BCUT2D eigenvalue weighted by Gasteiger charge is 2.28. The zero-order valence-corrected chi connectivity index (χ0v) is 20.2. The maximum absolute atomic E-state index is 13.2. The van der Waals surface area contributed by atoms with Crippen LogP contribution in [0, 0.1) is 6.92 Å². The molecule has 5 heteroatoms. The molecule has 0 saturated heterocycles. The molecule has 1 atom stereocenters. The summed E-state index contributed by atoms with van der Waals surface area (Å²) in [5.41, 5.74) is 3.50. The van der Waals surface area contributed by atoms with Crippen LogP contribution in [0.4, 0.5) is 0 Å². The van der Waals surface area contributed by atoms with Crippen LogP contribution in [0.15, 0.2) is 54.6 Å². The van der Waals surface area contributed by atoms with Gasteiger partial charge in [-0.1, -0.05) is 73.9 Å². The van der Waals surface area contributed by atoms with E-state index in [4.69, 9.17) is 0 Å². The van der Waals surface area contributed by atoms with Crippen LogP contribution in [-0.4, -0.2) is 34.6 Å². The largest absolute Gasteiger partial charge is 0.352 e. The van der Waals surface area contributed by atoms with E-state index in [0.29, 0.717) is 13.0 Å². The lowest BCUT2D eigenvalue weighted by molar-refractivity contribution is -0.140. The highest BCUT2D eigenvalue weighted by Crippen LogP contribution is 2.20. The Bertz CT molecular complexity index is 865. The molecule has 1 aliphatic rings. The second-order valence-corrected chi connectivity index (χ2v) is 9.86. The molecule has 0 aromatic heterocycles. The summed E-state index contributed by atoms with van der Waals surface area (Å²) >= 11 is 1.76. The molecule has 32 heavy (non-hydrogen) atoms. The monoisotopic (exact) mass is 452 g/mol. The number of carbonyl (C=O) groups is 2. The minimum atomic E-state index is -0.483. The fourth-order valence-electron chi connectivity index (χ4n) is 4.19. The number of carbonyl (C=O) groups excluding carboxylic acids is 2. The Morgan fingerprint density at radius 1 is 1.03 bits per heavy atom. The average Bonchev–Trinajstić information content (AvgIpc) is 2.82. The summed E-state index contributed by atoms with van der Waals surface area (Å²) in [4.78, 5) is 28.0. The van der Waals surface area contributed by atoms with Gasteiger partial charge in [-0.25, -0.2) is 0 Å². The van der Waals surface area contributed by atoms with Gasteiger partial charge in [0, 0.05) is 30.5 Å². The molecule has 1 saturated carbocycles. The maximum atomic E-state index is 13.2. The number of hydrogen-bond donors (Lipinski definition) is 1. The number of nitrogens with one attached hydrogen (secondary N) is 1. The van der Waals surface area contributed by atoms with Crippen molar-refractivity contribution < 1.29 is 9.59 Å². The normalized spacial score (nSPS) is 15.2. The minimum Gasteiger partial charge on any atom is -0.352 e. The van der Waals surface area contributed by atoms with Crippen LogP contribution in [0.25, 0.3) is 0 Å². The molecule has 2 amide bonds. The molecule has 2 aromatic rings. The third-order valence-electron chi connectivity index (χ3n) is 6.29. The number of amides is 2. The summed E-state index contributed by atoms with van der Waals surface area (Å²) in [7, 11) is 0. The van der Waals surface area contributed by atoms with Gasteiger partial charge in [0.15, 0.2) is 0 Å². The Balaban J connectivity index is 1.61. The molecule has 4 nitrogen and oxygen atoms in total.